The van der Waals surface area contributed by atoms with E-state index in [9.17, 15) is 5.11 Å². The van der Waals surface area contributed by atoms with Crippen molar-refractivity contribution in [3.8, 4) is 5.75 Å². The Bertz CT molecular complexity index is 1170. The zero-order valence-electron chi connectivity index (χ0n) is 20.7. The van der Waals surface area contributed by atoms with Gasteiger partial charge in [-0.2, -0.15) is 0 Å². The molecule has 7 rings (SSSR count). The molecule has 1 aromatic heterocycles. The molecule has 0 spiro atoms. The predicted molar refractivity (Wildman–Crippen MR) is 137 cm³/mol. The Kier molecular flexibility index (Phi) is 6.53. The Morgan fingerprint density at radius 2 is 1.75 bits per heavy atom. The maximum atomic E-state index is 12.1. The van der Waals surface area contributed by atoms with Crippen LogP contribution in [0.15, 0.2) is 59.0 Å². The summed E-state index contributed by atoms with van der Waals surface area (Å²) >= 11 is 6.18. The molecule has 4 aliphatic rings. The summed E-state index contributed by atoms with van der Waals surface area (Å²) in [5.74, 6) is 2.43. The van der Waals surface area contributed by atoms with Gasteiger partial charge in [0, 0.05) is 29.7 Å². The van der Waals surface area contributed by atoms with Gasteiger partial charge in [-0.15, -0.1) is 10.2 Å². The molecular weight excluding hydrogens is 474 g/mol. The molecule has 3 aromatic rings. The van der Waals surface area contributed by atoms with E-state index in [1.165, 1.54) is 6.42 Å². The number of halogens is 1. The second-order valence-corrected chi connectivity index (χ2v) is 11.5. The molecule has 2 bridgehead atoms. The number of nitrogens with zero attached hydrogens (tertiary/aromatic N) is 3. The second-order valence-electron chi connectivity index (χ2n) is 11.0. The van der Waals surface area contributed by atoms with Crippen LogP contribution >= 0.6 is 11.6 Å². The average Bonchev–Trinajstić information content (AvgIpc) is 3.38. The molecule has 4 heterocycles. The highest BCUT2D eigenvalue weighted by atomic mass is 35.5. The first-order valence-corrected chi connectivity index (χ1v) is 13.8. The lowest BCUT2D eigenvalue weighted by Crippen LogP contribution is -2.64. The van der Waals surface area contributed by atoms with Gasteiger partial charge in [0.2, 0.25) is 0 Å². The van der Waals surface area contributed by atoms with E-state index >= 15 is 0 Å². The van der Waals surface area contributed by atoms with Crippen LogP contribution in [0.5, 0.6) is 5.75 Å². The van der Waals surface area contributed by atoms with Gasteiger partial charge < -0.3 is 18.7 Å². The number of hydrogen-bond acceptors (Lipinski definition) is 5. The van der Waals surface area contributed by atoms with Gasteiger partial charge in [-0.05, 0) is 36.6 Å². The fourth-order valence-corrected chi connectivity index (χ4v) is 6.98. The van der Waals surface area contributed by atoms with Gasteiger partial charge in [-0.1, -0.05) is 67.3 Å². The molecular formula is C29H35ClN3O3+. The highest BCUT2D eigenvalue weighted by molar-refractivity contribution is 6.30. The van der Waals surface area contributed by atoms with E-state index in [1.807, 2.05) is 54.6 Å². The van der Waals surface area contributed by atoms with Gasteiger partial charge in [-0.3, -0.25) is 0 Å². The molecule has 2 aromatic carbocycles. The zero-order chi connectivity index (χ0) is 24.6. The lowest BCUT2D eigenvalue weighted by atomic mass is 9.73. The topological polar surface area (TPSA) is 68.4 Å². The van der Waals surface area contributed by atoms with Crippen LogP contribution in [-0.4, -0.2) is 45.5 Å². The number of aromatic nitrogens is 2. The number of quaternary nitrogens is 1. The molecule has 7 heteroatoms. The summed E-state index contributed by atoms with van der Waals surface area (Å²) in [7, 11) is 0. The first kappa shape index (κ1) is 24.0. The van der Waals surface area contributed by atoms with Gasteiger partial charge >= 0.3 is 0 Å². The van der Waals surface area contributed by atoms with Crippen LogP contribution in [0.25, 0.3) is 0 Å². The average molecular weight is 509 g/mol. The van der Waals surface area contributed by atoms with E-state index in [0.717, 1.165) is 74.0 Å². The molecule has 0 radical (unpaired) electrons. The third-order valence-electron chi connectivity index (χ3n) is 8.80. The molecule has 0 amide bonds. The molecule has 0 unspecified atom stereocenters. The van der Waals surface area contributed by atoms with Gasteiger partial charge in [0.05, 0.1) is 13.1 Å². The standard InChI is InChI=1S/C29H35ClN3O3/c30-24-12-7-13-25(18-24)35-26-19-33(16-14-21(26)15-17-33)20-27-31-32-28(36-27)29(34,22-8-3-1-4-9-22)23-10-5-2-6-11-23/h1,3-4,7-9,12-13,18,21,23,26,34H,2,5-6,10-11,14-17,19-20H2/q+1/t21?,26-,29-,33?/m0/s1. The van der Waals surface area contributed by atoms with E-state index in [4.69, 9.17) is 20.8 Å². The van der Waals surface area contributed by atoms with Crippen LogP contribution in [0.1, 0.15) is 62.3 Å². The number of ether oxygens (including phenoxy) is 1. The van der Waals surface area contributed by atoms with Crippen molar-refractivity contribution < 1.29 is 18.7 Å². The van der Waals surface area contributed by atoms with Crippen LogP contribution in [0.3, 0.4) is 0 Å². The summed E-state index contributed by atoms with van der Waals surface area (Å²) in [5, 5.41) is 21.8. The number of piperidine rings is 3. The Morgan fingerprint density at radius 3 is 2.50 bits per heavy atom. The predicted octanol–water partition coefficient (Wildman–Crippen LogP) is 5.73. The molecule has 1 aliphatic carbocycles. The maximum Gasteiger partial charge on any atom is 0.271 e. The SMILES string of the molecule is O[C@](c1ccccc1)(c1nnc(C[N+]23CCC(CC2)[C@@H](Oc2cccc(Cl)c2)C3)o1)C1CCCCC1. The highest BCUT2D eigenvalue weighted by Crippen LogP contribution is 2.44. The van der Waals surface area contributed by atoms with Crippen molar-refractivity contribution in [2.24, 2.45) is 11.8 Å². The van der Waals surface area contributed by atoms with Crippen LogP contribution in [0.4, 0.5) is 0 Å². The Labute approximate surface area is 217 Å². The van der Waals surface area contributed by atoms with E-state index < -0.39 is 5.60 Å². The van der Waals surface area contributed by atoms with E-state index in [1.54, 1.807) is 0 Å². The number of aliphatic hydroxyl groups is 1. The Morgan fingerprint density at radius 1 is 0.972 bits per heavy atom. The number of fused-ring (bicyclic) bond motifs is 3. The van der Waals surface area contributed by atoms with E-state index in [0.29, 0.717) is 29.3 Å². The largest absolute Gasteiger partial charge is 0.484 e. The van der Waals surface area contributed by atoms with Gasteiger partial charge in [0.25, 0.3) is 11.8 Å². The summed E-state index contributed by atoms with van der Waals surface area (Å²) in [6, 6.07) is 17.5. The highest BCUT2D eigenvalue weighted by Gasteiger charge is 2.49. The molecule has 4 fully saturated rings. The van der Waals surface area contributed by atoms with Gasteiger partial charge in [-0.25, -0.2) is 0 Å². The first-order valence-electron chi connectivity index (χ1n) is 13.4. The molecule has 3 saturated heterocycles. The molecule has 36 heavy (non-hydrogen) atoms. The third kappa shape index (κ3) is 4.55. The Hall–Kier alpha value is -2.41. The lowest BCUT2D eigenvalue weighted by Gasteiger charge is -2.51. The summed E-state index contributed by atoms with van der Waals surface area (Å²) in [6.07, 6.45) is 7.80. The normalized spacial score (nSPS) is 28.1. The van der Waals surface area contributed by atoms with E-state index in [2.05, 4.69) is 10.2 Å². The molecule has 1 saturated carbocycles. The lowest BCUT2D eigenvalue weighted by molar-refractivity contribution is -0.959. The zero-order valence-corrected chi connectivity index (χ0v) is 21.4. The maximum absolute atomic E-state index is 12.1. The summed E-state index contributed by atoms with van der Waals surface area (Å²) < 4.78 is 13.6. The summed E-state index contributed by atoms with van der Waals surface area (Å²) in [5.41, 5.74) is -0.409. The van der Waals surface area contributed by atoms with Crippen LogP contribution in [0.2, 0.25) is 5.02 Å². The van der Waals surface area contributed by atoms with Crippen molar-refractivity contribution in [2.45, 2.75) is 63.2 Å². The molecule has 6 nitrogen and oxygen atoms in total. The van der Waals surface area contributed by atoms with Crippen LogP contribution < -0.4 is 4.74 Å². The first-order chi connectivity index (χ1) is 17.5. The van der Waals surface area contributed by atoms with Gasteiger partial charge in [0.15, 0.2) is 18.2 Å². The Balaban J connectivity index is 1.23. The van der Waals surface area contributed by atoms with Crippen molar-refractivity contribution in [3.63, 3.8) is 0 Å². The molecule has 190 valence electrons. The fraction of sp³-hybridized carbons (Fsp3) is 0.517. The van der Waals surface area contributed by atoms with E-state index in [-0.39, 0.29) is 12.0 Å². The quantitative estimate of drug-likeness (QED) is 0.413. The van der Waals surface area contributed by atoms with Crippen molar-refractivity contribution in [1.29, 1.82) is 0 Å². The van der Waals surface area contributed by atoms with Crippen molar-refractivity contribution in [1.82, 2.24) is 10.2 Å². The minimum atomic E-state index is -1.25. The third-order valence-corrected chi connectivity index (χ3v) is 9.03. The van der Waals surface area contributed by atoms with Crippen molar-refractivity contribution in [3.05, 3.63) is 77.0 Å². The summed E-state index contributed by atoms with van der Waals surface area (Å²) in [4.78, 5) is 0. The van der Waals surface area contributed by atoms with Crippen molar-refractivity contribution in [2.75, 3.05) is 19.6 Å². The summed E-state index contributed by atoms with van der Waals surface area (Å²) in [6.45, 7) is 3.76. The number of benzene rings is 2. The number of rotatable bonds is 7. The second kappa shape index (κ2) is 9.81. The van der Waals surface area contributed by atoms with Gasteiger partial charge in [0.1, 0.15) is 12.3 Å². The molecule has 3 aliphatic heterocycles. The smallest absolute Gasteiger partial charge is 0.271 e. The fourth-order valence-electron chi connectivity index (χ4n) is 6.80. The molecule has 2 atom stereocenters. The van der Waals surface area contributed by atoms with Crippen LogP contribution in [-0.2, 0) is 12.1 Å². The number of hydrogen-bond donors (Lipinski definition) is 1. The van der Waals surface area contributed by atoms with Crippen molar-refractivity contribution >= 4 is 11.6 Å². The monoisotopic (exact) mass is 508 g/mol. The minimum Gasteiger partial charge on any atom is -0.484 e. The molecule has 1 N–H and O–H groups in total. The van der Waals surface area contributed by atoms with Crippen LogP contribution in [0, 0.1) is 11.8 Å². The minimum absolute atomic E-state index is 0.0789.